The lowest BCUT2D eigenvalue weighted by Gasteiger charge is -2.41. The maximum atomic E-state index is 12.7. The lowest BCUT2D eigenvalue weighted by atomic mass is 9.82. The molecule has 0 aromatic carbocycles. The highest BCUT2D eigenvalue weighted by atomic mass is 16.3. The SMILES string of the molecule is Cn1cc(N2CCC(N3CCCC(C)(CO)C3)C2=O)cn1. The summed E-state index contributed by atoms with van der Waals surface area (Å²) in [5.41, 5.74) is 0.812. The van der Waals surface area contributed by atoms with Gasteiger partial charge in [-0.25, -0.2) is 0 Å². The van der Waals surface area contributed by atoms with Crippen LogP contribution >= 0.6 is 0 Å². The summed E-state index contributed by atoms with van der Waals surface area (Å²) in [6.45, 7) is 4.81. The molecule has 0 saturated carbocycles. The number of hydrogen-bond donors (Lipinski definition) is 1. The number of aromatic nitrogens is 2. The van der Waals surface area contributed by atoms with Gasteiger partial charge < -0.3 is 10.0 Å². The smallest absolute Gasteiger partial charge is 0.244 e. The number of piperidine rings is 1. The van der Waals surface area contributed by atoms with Crippen molar-refractivity contribution >= 4 is 11.6 Å². The number of likely N-dealkylation sites (tertiary alicyclic amines) is 1. The van der Waals surface area contributed by atoms with E-state index in [0.29, 0.717) is 0 Å². The van der Waals surface area contributed by atoms with Gasteiger partial charge in [-0.2, -0.15) is 5.10 Å². The predicted molar refractivity (Wildman–Crippen MR) is 80.0 cm³/mol. The normalized spacial score (nSPS) is 31.1. The van der Waals surface area contributed by atoms with E-state index in [-0.39, 0.29) is 24.0 Å². The minimum atomic E-state index is -0.0692. The minimum Gasteiger partial charge on any atom is -0.396 e. The summed E-state index contributed by atoms with van der Waals surface area (Å²) in [5, 5.41) is 13.7. The number of amides is 1. The Morgan fingerprint density at radius 3 is 2.95 bits per heavy atom. The quantitative estimate of drug-likeness (QED) is 0.887. The lowest BCUT2D eigenvalue weighted by Crippen LogP contribution is -2.50. The molecule has 2 unspecified atom stereocenters. The number of rotatable bonds is 3. The second-order valence-electron chi connectivity index (χ2n) is 6.71. The zero-order valence-corrected chi connectivity index (χ0v) is 12.8. The van der Waals surface area contributed by atoms with Crippen molar-refractivity contribution in [3.8, 4) is 0 Å². The summed E-state index contributed by atoms with van der Waals surface area (Å²) in [5.74, 6) is 0.171. The minimum absolute atomic E-state index is 0.0450. The third-order valence-electron chi connectivity index (χ3n) is 4.81. The van der Waals surface area contributed by atoms with Crippen LogP contribution in [0.15, 0.2) is 12.4 Å². The van der Waals surface area contributed by atoms with Gasteiger partial charge in [0.1, 0.15) is 0 Å². The maximum Gasteiger partial charge on any atom is 0.244 e. The van der Waals surface area contributed by atoms with Gasteiger partial charge in [0.2, 0.25) is 5.91 Å². The Hall–Kier alpha value is -1.40. The predicted octanol–water partition coefficient (Wildman–Crippen LogP) is 0.620. The number of aliphatic hydroxyl groups is 1. The second-order valence-corrected chi connectivity index (χ2v) is 6.71. The van der Waals surface area contributed by atoms with Crippen molar-refractivity contribution in [2.45, 2.75) is 32.2 Å². The van der Waals surface area contributed by atoms with Gasteiger partial charge in [-0.05, 0) is 25.8 Å². The van der Waals surface area contributed by atoms with Crippen LogP contribution in [0.1, 0.15) is 26.2 Å². The van der Waals surface area contributed by atoms with Gasteiger partial charge in [0, 0.05) is 38.4 Å². The average molecular weight is 292 g/mol. The van der Waals surface area contributed by atoms with Gasteiger partial charge in [0.05, 0.1) is 17.9 Å². The van der Waals surface area contributed by atoms with E-state index < -0.39 is 0 Å². The highest BCUT2D eigenvalue weighted by molar-refractivity contribution is 5.99. The number of hydrogen-bond acceptors (Lipinski definition) is 4. The Balaban J connectivity index is 1.71. The Labute approximate surface area is 125 Å². The number of aliphatic hydroxyl groups excluding tert-OH is 1. The van der Waals surface area contributed by atoms with Gasteiger partial charge in [0.15, 0.2) is 0 Å². The number of aryl methyl sites for hydroxylation is 1. The molecule has 3 heterocycles. The summed E-state index contributed by atoms with van der Waals surface area (Å²) < 4.78 is 1.72. The standard InChI is InChI=1S/C15H24N4O2/c1-15(11-20)5-3-6-18(10-15)13-4-7-19(14(13)21)12-8-16-17(2)9-12/h8-9,13,20H,3-7,10-11H2,1-2H3. The third kappa shape index (κ3) is 2.70. The van der Waals surface area contributed by atoms with Crippen molar-refractivity contribution in [1.29, 1.82) is 0 Å². The van der Waals surface area contributed by atoms with Crippen LogP contribution in [0.4, 0.5) is 5.69 Å². The second kappa shape index (κ2) is 5.42. The average Bonchev–Trinajstić information content (AvgIpc) is 3.05. The zero-order valence-electron chi connectivity index (χ0n) is 12.8. The molecule has 3 rings (SSSR count). The topological polar surface area (TPSA) is 61.6 Å². The van der Waals surface area contributed by atoms with E-state index in [9.17, 15) is 9.90 Å². The molecule has 0 radical (unpaired) electrons. The molecule has 0 bridgehead atoms. The van der Waals surface area contributed by atoms with Crippen LogP contribution in [0.3, 0.4) is 0 Å². The Kier molecular flexibility index (Phi) is 3.75. The molecule has 2 saturated heterocycles. The fourth-order valence-corrected chi connectivity index (χ4v) is 3.56. The number of nitrogens with zero attached hydrogens (tertiary/aromatic N) is 4. The molecule has 1 aromatic heterocycles. The largest absolute Gasteiger partial charge is 0.396 e. The molecule has 0 aliphatic carbocycles. The van der Waals surface area contributed by atoms with Crippen molar-refractivity contribution in [1.82, 2.24) is 14.7 Å². The molecule has 116 valence electrons. The van der Waals surface area contributed by atoms with Gasteiger partial charge in [-0.15, -0.1) is 0 Å². The fourth-order valence-electron chi connectivity index (χ4n) is 3.56. The molecular weight excluding hydrogens is 268 g/mol. The molecule has 0 spiro atoms. The van der Waals surface area contributed by atoms with Crippen LogP contribution in [0, 0.1) is 5.41 Å². The van der Waals surface area contributed by atoms with E-state index in [1.807, 2.05) is 18.1 Å². The molecule has 1 amide bonds. The summed E-state index contributed by atoms with van der Waals surface area (Å²) in [6, 6.07) is -0.0450. The Bertz CT molecular complexity index is 529. The monoisotopic (exact) mass is 292 g/mol. The van der Waals surface area contributed by atoms with Crippen LogP contribution in [0.2, 0.25) is 0 Å². The molecule has 2 aliphatic rings. The molecule has 6 nitrogen and oxygen atoms in total. The molecule has 2 atom stereocenters. The highest BCUT2D eigenvalue weighted by Crippen LogP contribution is 2.33. The van der Waals surface area contributed by atoms with E-state index >= 15 is 0 Å². The van der Waals surface area contributed by atoms with Gasteiger partial charge >= 0.3 is 0 Å². The van der Waals surface area contributed by atoms with Crippen molar-refractivity contribution < 1.29 is 9.90 Å². The first-order valence-corrected chi connectivity index (χ1v) is 7.67. The first-order valence-electron chi connectivity index (χ1n) is 7.67. The first kappa shape index (κ1) is 14.5. The van der Waals surface area contributed by atoms with E-state index in [1.165, 1.54) is 0 Å². The van der Waals surface area contributed by atoms with Crippen LogP contribution in [-0.4, -0.2) is 58.0 Å². The first-order chi connectivity index (χ1) is 10.0. The molecule has 1 aromatic rings. The van der Waals surface area contributed by atoms with Crippen LogP contribution < -0.4 is 4.90 Å². The van der Waals surface area contributed by atoms with Crippen LogP contribution in [-0.2, 0) is 11.8 Å². The fraction of sp³-hybridized carbons (Fsp3) is 0.733. The Morgan fingerprint density at radius 2 is 2.29 bits per heavy atom. The molecule has 21 heavy (non-hydrogen) atoms. The van der Waals surface area contributed by atoms with E-state index in [2.05, 4.69) is 16.9 Å². The number of anilines is 1. The van der Waals surface area contributed by atoms with Gasteiger partial charge in [-0.1, -0.05) is 6.92 Å². The molecule has 2 aliphatic heterocycles. The van der Waals surface area contributed by atoms with Crippen molar-refractivity contribution in [2.24, 2.45) is 12.5 Å². The summed E-state index contributed by atoms with van der Waals surface area (Å²) in [6.07, 6.45) is 6.57. The number of carbonyl (C=O) groups is 1. The Morgan fingerprint density at radius 1 is 1.48 bits per heavy atom. The van der Waals surface area contributed by atoms with Gasteiger partial charge in [0.25, 0.3) is 0 Å². The summed E-state index contributed by atoms with van der Waals surface area (Å²) in [7, 11) is 1.86. The van der Waals surface area contributed by atoms with E-state index in [0.717, 1.165) is 44.6 Å². The highest BCUT2D eigenvalue weighted by Gasteiger charge is 2.41. The molecule has 1 N–H and O–H groups in total. The third-order valence-corrected chi connectivity index (χ3v) is 4.81. The summed E-state index contributed by atoms with van der Waals surface area (Å²) in [4.78, 5) is 16.8. The zero-order chi connectivity index (χ0) is 15.0. The summed E-state index contributed by atoms with van der Waals surface area (Å²) >= 11 is 0. The van der Waals surface area contributed by atoms with Crippen LogP contribution in [0.25, 0.3) is 0 Å². The van der Waals surface area contributed by atoms with Crippen molar-refractivity contribution in [3.63, 3.8) is 0 Å². The van der Waals surface area contributed by atoms with Gasteiger partial charge in [-0.3, -0.25) is 14.4 Å². The van der Waals surface area contributed by atoms with Crippen LogP contribution in [0.5, 0.6) is 0 Å². The molecular formula is C15H24N4O2. The van der Waals surface area contributed by atoms with Crippen molar-refractivity contribution in [2.75, 3.05) is 31.1 Å². The maximum absolute atomic E-state index is 12.7. The lowest BCUT2D eigenvalue weighted by molar-refractivity contribution is -0.123. The number of carbonyl (C=O) groups excluding carboxylic acids is 1. The van der Waals surface area contributed by atoms with Crippen molar-refractivity contribution in [3.05, 3.63) is 12.4 Å². The molecule has 2 fully saturated rings. The molecule has 6 heteroatoms. The van der Waals surface area contributed by atoms with E-state index in [1.54, 1.807) is 10.9 Å². The van der Waals surface area contributed by atoms with E-state index in [4.69, 9.17) is 0 Å².